The van der Waals surface area contributed by atoms with Crippen molar-refractivity contribution < 1.29 is 19.4 Å². The maximum atomic E-state index is 12.2. The van der Waals surface area contributed by atoms with Gasteiger partial charge in [-0.05, 0) is 55.7 Å². The Morgan fingerprint density at radius 1 is 1.04 bits per heavy atom. The van der Waals surface area contributed by atoms with Gasteiger partial charge in [-0.2, -0.15) is 0 Å². The van der Waals surface area contributed by atoms with Crippen LogP contribution >= 0.6 is 0 Å². The zero-order valence-corrected chi connectivity index (χ0v) is 15.4. The van der Waals surface area contributed by atoms with Crippen molar-refractivity contribution in [3.8, 4) is 5.75 Å². The topological polar surface area (TPSA) is 75.6 Å². The molecule has 0 aromatic heterocycles. The number of aliphatic carboxylic acids is 1. The van der Waals surface area contributed by atoms with Gasteiger partial charge in [0.15, 0.2) is 0 Å². The van der Waals surface area contributed by atoms with Gasteiger partial charge < -0.3 is 15.2 Å². The molecule has 0 saturated heterocycles. The number of amides is 1. The molecule has 5 heteroatoms. The molecule has 1 atom stereocenters. The van der Waals surface area contributed by atoms with Gasteiger partial charge in [-0.15, -0.1) is 0 Å². The number of benzene rings is 2. The van der Waals surface area contributed by atoms with Crippen LogP contribution in [-0.4, -0.2) is 23.1 Å². The molecule has 0 aliphatic rings. The van der Waals surface area contributed by atoms with E-state index in [0.717, 1.165) is 16.9 Å². The number of carboxylic acids is 1. The fourth-order valence-corrected chi connectivity index (χ4v) is 2.56. The molecule has 5 nitrogen and oxygen atoms in total. The Labute approximate surface area is 154 Å². The van der Waals surface area contributed by atoms with Gasteiger partial charge in [-0.1, -0.05) is 31.2 Å². The van der Waals surface area contributed by atoms with Gasteiger partial charge in [0.1, 0.15) is 5.75 Å². The van der Waals surface area contributed by atoms with E-state index in [9.17, 15) is 9.59 Å². The van der Waals surface area contributed by atoms with Crippen LogP contribution in [0.2, 0.25) is 0 Å². The number of hydrogen-bond acceptors (Lipinski definition) is 3. The summed E-state index contributed by atoms with van der Waals surface area (Å²) in [5, 5.41) is 11.8. The Kier molecular flexibility index (Phi) is 6.78. The Balaban J connectivity index is 1.92. The Morgan fingerprint density at radius 2 is 1.73 bits per heavy atom. The average molecular weight is 355 g/mol. The lowest BCUT2D eigenvalue weighted by molar-refractivity contribution is -0.141. The van der Waals surface area contributed by atoms with Crippen LogP contribution in [0.5, 0.6) is 5.75 Å². The lowest BCUT2D eigenvalue weighted by Gasteiger charge is -2.11. The first-order valence-electron chi connectivity index (χ1n) is 8.70. The van der Waals surface area contributed by atoms with E-state index in [0.29, 0.717) is 12.1 Å². The highest BCUT2D eigenvalue weighted by atomic mass is 16.5. The summed E-state index contributed by atoms with van der Waals surface area (Å²) in [6.45, 7) is 5.59. The van der Waals surface area contributed by atoms with Crippen molar-refractivity contribution in [1.82, 2.24) is 0 Å². The molecule has 0 spiro atoms. The van der Waals surface area contributed by atoms with Crippen LogP contribution in [0.15, 0.2) is 48.5 Å². The standard InChI is InChI=1S/C21H25NO4/c1-14(2)26-19-6-4-5-17(12-19)13-20(23)22-18-9-7-16(8-10-18)11-15(3)21(24)25/h4-10,12,14-15H,11,13H2,1-3H3,(H,22,23)(H,24,25). The molecule has 0 fully saturated rings. The van der Waals surface area contributed by atoms with Crippen LogP contribution in [0.1, 0.15) is 31.9 Å². The number of hydrogen-bond donors (Lipinski definition) is 2. The smallest absolute Gasteiger partial charge is 0.306 e. The molecule has 2 N–H and O–H groups in total. The molecule has 1 amide bonds. The summed E-state index contributed by atoms with van der Waals surface area (Å²) in [5.74, 6) is -0.609. The molecule has 0 aliphatic heterocycles. The normalized spacial score (nSPS) is 11.8. The van der Waals surface area contributed by atoms with E-state index in [1.807, 2.05) is 50.2 Å². The number of carbonyl (C=O) groups is 2. The molecule has 138 valence electrons. The fourth-order valence-electron chi connectivity index (χ4n) is 2.56. The highest BCUT2D eigenvalue weighted by molar-refractivity contribution is 5.92. The number of anilines is 1. The number of ether oxygens (including phenoxy) is 1. The van der Waals surface area contributed by atoms with Gasteiger partial charge in [-0.25, -0.2) is 0 Å². The minimum atomic E-state index is -0.814. The number of carbonyl (C=O) groups excluding carboxylic acids is 1. The van der Waals surface area contributed by atoms with Gasteiger partial charge in [0, 0.05) is 5.69 Å². The van der Waals surface area contributed by atoms with Crippen molar-refractivity contribution in [3.05, 3.63) is 59.7 Å². The van der Waals surface area contributed by atoms with E-state index in [1.165, 1.54) is 0 Å². The predicted molar refractivity (Wildman–Crippen MR) is 101 cm³/mol. The van der Waals surface area contributed by atoms with E-state index in [4.69, 9.17) is 9.84 Å². The monoisotopic (exact) mass is 355 g/mol. The Hall–Kier alpha value is -2.82. The molecule has 0 radical (unpaired) electrons. The molecular formula is C21H25NO4. The van der Waals surface area contributed by atoms with Crippen molar-refractivity contribution in [3.63, 3.8) is 0 Å². The van der Waals surface area contributed by atoms with E-state index in [1.54, 1.807) is 19.1 Å². The highest BCUT2D eigenvalue weighted by Gasteiger charge is 2.11. The van der Waals surface area contributed by atoms with Crippen molar-refractivity contribution in [2.45, 2.75) is 39.7 Å². The summed E-state index contributed by atoms with van der Waals surface area (Å²) in [5.41, 5.74) is 2.50. The molecule has 26 heavy (non-hydrogen) atoms. The van der Waals surface area contributed by atoms with E-state index in [2.05, 4.69) is 5.32 Å². The zero-order valence-electron chi connectivity index (χ0n) is 15.4. The second kappa shape index (κ2) is 9.04. The summed E-state index contributed by atoms with van der Waals surface area (Å²) in [6, 6.07) is 14.8. The molecule has 2 rings (SSSR count). The Bertz CT molecular complexity index is 753. The highest BCUT2D eigenvalue weighted by Crippen LogP contribution is 2.17. The fraction of sp³-hybridized carbons (Fsp3) is 0.333. The third-order valence-electron chi connectivity index (χ3n) is 3.84. The van der Waals surface area contributed by atoms with Gasteiger partial charge in [0.2, 0.25) is 5.91 Å². The Morgan fingerprint density at radius 3 is 2.35 bits per heavy atom. The van der Waals surface area contributed by atoms with Crippen LogP contribution in [-0.2, 0) is 22.4 Å². The van der Waals surface area contributed by atoms with Gasteiger partial charge >= 0.3 is 5.97 Å². The molecule has 2 aromatic carbocycles. The first-order valence-corrected chi connectivity index (χ1v) is 8.70. The summed E-state index contributed by atoms with van der Waals surface area (Å²) >= 11 is 0. The molecule has 0 bridgehead atoms. The summed E-state index contributed by atoms with van der Waals surface area (Å²) in [6.07, 6.45) is 0.806. The zero-order chi connectivity index (χ0) is 19.1. The van der Waals surface area contributed by atoms with E-state index >= 15 is 0 Å². The first-order chi connectivity index (χ1) is 12.3. The molecule has 1 unspecified atom stereocenters. The van der Waals surface area contributed by atoms with E-state index in [-0.39, 0.29) is 18.4 Å². The first kappa shape index (κ1) is 19.5. The lowest BCUT2D eigenvalue weighted by Crippen LogP contribution is -2.15. The second-order valence-electron chi connectivity index (χ2n) is 6.68. The van der Waals surface area contributed by atoms with Crippen molar-refractivity contribution in [2.75, 3.05) is 5.32 Å². The third-order valence-corrected chi connectivity index (χ3v) is 3.84. The van der Waals surface area contributed by atoms with Crippen molar-refractivity contribution >= 4 is 17.6 Å². The summed E-state index contributed by atoms with van der Waals surface area (Å²) < 4.78 is 5.64. The quantitative estimate of drug-likeness (QED) is 0.752. The molecule has 0 aliphatic carbocycles. The largest absolute Gasteiger partial charge is 0.491 e. The van der Waals surface area contributed by atoms with Crippen LogP contribution < -0.4 is 10.1 Å². The van der Waals surface area contributed by atoms with Crippen LogP contribution in [0.4, 0.5) is 5.69 Å². The summed E-state index contributed by atoms with van der Waals surface area (Å²) in [4.78, 5) is 23.1. The van der Waals surface area contributed by atoms with E-state index < -0.39 is 11.9 Å². The predicted octanol–water partition coefficient (Wildman–Crippen LogP) is 3.92. The molecule has 0 saturated carbocycles. The van der Waals surface area contributed by atoms with Crippen LogP contribution in [0, 0.1) is 5.92 Å². The maximum Gasteiger partial charge on any atom is 0.306 e. The third kappa shape index (κ3) is 6.24. The minimum Gasteiger partial charge on any atom is -0.491 e. The summed E-state index contributed by atoms with van der Waals surface area (Å²) in [7, 11) is 0. The molecular weight excluding hydrogens is 330 g/mol. The van der Waals surface area contributed by atoms with Crippen molar-refractivity contribution in [2.24, 2.45) is 5.92 Å². The minimum absolute atomic E-state index is 0.0847. The van der Waals surface area contributed by atoms with Gasteiger partial charge in [-0.3, -0.25) is 9.59 Å². The molecule has 0 heterocycles. The van der Waals surface area contributed by atoms with Crippen LogP contribution in [0.25, 0.3) is 0 Å². The van der Waals surface area contributed by atoms with Crippen LogP contribution in [0.3, 0.4) is 0 Å². The van der Waals surface area contributed by atoms with Gasteiger partial charge in [0.05, 0.1) is 18.4 Å². The second-order valence-corrected chi connectivity index (χ2v) is 6.68. The molecule has 2 aromatic rings. The number of nitrogens with one attached hydrogen (secondary N) is 1. The SMILES string of the molecule is CC(C)Oc1cccc(CC(=O)Nc2ccc(CC(C)C(=O)O)cc2)c1. The average Bonchev–Trinajstić information content (AvgIpc) is 2.56. The lowest BCUT2D eigenvalue weighted by atomic mass is 10.0. The number of carboxylic acid groups (broad SMARTS) is 1. The van der Waals surface area contributed by atoms with Gasteiger partial charge in [0.25, 0.3) is 0 Å². The van der Waals surface area contributed by atoms with Crippen molar-refractivity contribution in [1.29, 1.82) is 0 Å². The number of rotatable bonds is 8. The maximum absolute atomic E-state index is 12.2.